The topological polar surface area (TPSA) is 55.1 Å². The minimum absolute atomic E-state index is 0.0679. The molecule has 0 aromatic heterocycles. The lowest BCUT2D eigenvalue weighted by atomic mass is 9.92. The van der Waals surface area contributed by atoms with Crippen molar-refractivity contribution in [1.29, 1.82) is 0 Å². The quantitative estimate of drug-likeness (QED) is 0.695. The molecular weight excluding hydrogens is 164 g/mol. The highest BCUT2D eigenvalue weighted by molar-refractivity contribution is 5.76. The molecule has 0 aromatic rings. The number of hydrogen-bond acceptors (Lipinski definition) is 2. The Hall–Kier alpha value is -0.570. The highest BCUT2D eigenvalue weighted by Crippen LogP contribution is 2.17. The Morgan fingerprint density at radius 1 is 1.46 bits per heavy atom. The molecule has 1 atom stereocenters. The molecular formula is C10H22N2O. The predicted molar refractivity (Wildman–Crippen MR) is 55.3 cm³/mol. The highest BCUT2D eigenvalue weighted by Gasteiger charge is 2.15. The standard InChI is InChI=1S/C10H22N2O/c1-8(11)5-6-12-9(13)7-10(2,3)4/h8H,5-7,11H2,1-4H3,(H,12,13). The lowest BCUT2D eigenvalue weighted by molar-refractivity contribution is -0.122. The van der Waals surface area contributed by atoms with Crippen LogP contribution in [-0.4, -0.2) is 18.5 Å². The SMILES string of the molecule is CC(N)CCNC(=O)CC(C)(C)C. The molecule has 0 aliphatic heterocycles. The van der Waals surface area contributed by atoms with Crippen LogP contribution >= 0.6 is 0 Å². The molecule has 3 N–H and O–H groups in total. The summed E-state index contributed by atoms with van der Waals surface area (Å²) in [5, 5.41) is 2.85. The largest absolute Gasteiger partial charge is 0.356 e. The van der Waals surface area contributed by atoms with Gasteiger partial charge < -0.3 is 11.1 Å². The number of hydrogen-bond donors (Lipinski definition) is 2. The van der Waals surface area contributed by atoms with Gasteiger partial charge in [-0.25, -0.2) is 0 Å². The first kappa shape index (κ1) is 12.4. The highest BCUT2D eigenvalue weighted by atomic mass is 16.1. The third-order valence-corrected chi connectivity index (χ3v) is 1.61. The summed E-state index contributed by atoms with van der Waals surface area (Å²) >= 11 is 0. The Labute approximate surface area is 81.1 Å². The van der Waals surface area contributed by atoms with Crippen LogP contribution in [0.1, 0.15) is 40.5 Å². The van der Waals surface area contributed by atoms with Crippen LogP contribution in [0, 0.1) is 5.41 Å². The van der Waals surface area contributed by atoms with Crippen LogP contribution in [0.15, 0.2) is 0 Å². The molecule has 0 bridgehead atoms. The zero-order valence-corrected chi connectivity index (χ0v) is 9.18. The van der Waals surface area contributed by atoms with Gasteiger partial charge in [0.25, 0.3) is 0 Å². The van der Waals surface area contributed by atoms with E-state index in [-0.39, 0.29) is 17.4 Å². The second-order valence-electron chi connectivity index (χ2n) is 4.85. The average Bonchev–Trinajstić information content (AvgIpc) is 1.81. The van der Waals surface area contributed by atoms with Crippen LogP contribution in [0.25, 0.3) is 0 Å². The Bertz CT molecular complexity index is 159. The van der Waals surface area contributed by atoms with Gasteiger partial charge in [0.1, 0.15) is 0 Å². The van der Waals surface area contributed by atoms with E-state index in [1.54, 1.807) is 0 Å². The lowest BCUT2D eigenvalue weighted by Gasteiger charge is -2.17. The Balaban J connectivity index is 3.53. The summed E-state index contributed by atoms with van der Waals surface area (Å²) < 4.78 is 0. The van der Waals surface area contributed by atoms with Gasteiger partial charge in [-0.15, -0.1) is 0 Å². The molecule has 0 saturated heterocycles. The summed E-state index contributed by atoms with van der Waals surface area (Å²) in [5.41, 5.74) is 5.62. The zero-order chi connectivity index (χ0) is 10.5. The van der Waals surface area contributed by atoms with Crippen LogP contribution in [0.5, 0.6) is 0 Å². The van der Waals surface area contributed by atoms with Crippen molar-refractivity contribution >= 4 is 5.91 Å². The number of nitrogens with two attached hydrogens (primary N) is 1. The number of amides is 1. The van der Waals surface area contributed by atoms with Gasteiger partial charge in [0.2, 0.25) is 5.91 Å². The second kappa shape index (κ2) is 5.22. The van der Waals surface area contributed by atoms with E-state index in [9.17, 15) is 4.79 Å². The maximum absolute atomic E-state index is 11.3. The van der Waals surface area contributed by atoms with E-state index >= 15 is 0 Å². The normalized spacial score (nSPS) is 13.9. The molecule has 0 aromatic carbocycles. The monoisotopic (exact) mass is 186 g/mol. The molecule has 0 saturated carbocycles. The van der Waals surface area contributed by atoms with Crippen LogP contribution in [0.2, 0.25) is 0 Å². The second-order valence-corrected chi connectivity index (χ2v) is 4.85. The van der Waals surface area contributed by atoms with Crippen LogP contribution in [-0.2, 0) is 4.79 Å². The summed E-state index contributed by atoms with van der Waals surface area (Å²) in [6.07, 6.45) is 1.42. The molecule has 3 heteroatoms. The van der Waals surface area contributed by atoms with Gasteiger partial charge in [0, 0.05) is 19.0 Å². The van der Waals surface area contributed by atoms with Crippen molar-refractivity contribution in [2.75, 3.05) is 6.54 Å². The van der Waals surface area contributed by atoms with Gasteiger partial charge in [0.15, 0.2) is 0 Å². The third-order valence-electron chi connectivity index (χ3n) is 1.61. The number of rotatable bonds is 4. The van der Waals surface area contributed by atoms with E-state index in [2.05, 4.69) is 26.1 Å². The summed E-state index contributed by atoms with van der Waals surface area (Å²) in [7, 11) is 0. The molecule has 78 valence electrons. The van der Waals surface area contributed by atoms with Gasteiger partial charge in [0.05, 0.1) is 0 Å². The minimum Gasteiger partial charge on any atom is -0.356 e. The van der Waals surface area contributed by atoms with Crippen molar-refractivity contribution in [3.05, 3.63) is 0 Å². The maximum Gasteiger partial charge on any atom is 0.220 e. The fourth-order valence-electron chi connectivity index (χ4n) is 0.983. The first-order chi connectivity index (χ1) is 5.81. The van der Waals surface area contributed by atoms with Gasteiger partial charge in [-0.05, 0) is 18.8 Å². The molecule has 3 nitrogen and oxygen atoms in total. The van der Waals surface area contributed by atoms with E-state index in [0.29, 0.717) is 13.0 Å². The molecule has 13 heavy (non-hydrogen) atoms. The molecule has 0 rings (SSSR count). The fourth-order valence-corrected chi connectivity index (χ4v) is 0.983. The number of carbonyl (C=O) groups is 1. The molecule has 0 radical (unpaired) electrons. The Kier molecular flexibility index (Phi) is 4.99. The zero-order valence-electron chi connectivity index (χ0n) is 9.18. The van der Waals surface area contributed by atoms with Crippen molar-refractivity contribution in [3.8, 4) is 0 Å². The molecule has 0 aliphatic carbocycles. The Morgan fingerprint density at radius 3 is 2.38 bits per heavy atom. The van der Waals surface area contributed by atoms with Crippen LogP contribution in [0.4, 0.5) is 0 Å². The third kappa shape index (κ3) is 9.34. The number of carbonyl (C=O) groups excluding carboxylic acids is 1. The molecule has 0 fully saturated rings. The molecule has 1 amide bonds. The molecule has 0 heterocycles. The van der Waals surface area contributed by atoms with Crippen molar-refractivity contribution in [2.45, 2.75) is 46.6 Å². The molecule has 0 spiro atoms. The van der Waals surface area contributed by atoms with Gasteiger partial charge in [-0.1, -0.05) is 20.8 Å². The van der Waals surface area contributed by atoms with Gasteiger partial charge in [-0.3, -0.25) is 4.79 Å². The lowest BCUT2D eigenvalue weighted by Crippen LogP contribution is -2.31. The molecule has 1 unspecified atom stereocenters. The van der Waals surface area contributed by atoms with Crippen molar-refractivity contribution in [2.24, 2.45) is 11.1 Å². The number of nitrogens with one attached hydrogen (secondary N) is 1. The van der Waals surface area contributed by atoms with Crippen LogP contribution < -0.4 is 11.1 Å². The average molecular weight is 186 g/mol. The summed E-state index contributed by atoms with van der Waals surface area (Å²) in [6.45, 7) is 8.79. The first-order valence-corrected chi connectivity index (χ1v) is 4.83. The van der Waals surface area contributed by atoms with Crippen LogP contribution in [0.3, 0.4) is 0 Å². The van der Waals surface area contributed by atoms with E-state index < -0.39 is 0 Å². The van der Waals surface area contributed by atoms with Gasteiger partial charge in [-0.2, -0.15) is 0 Å². The van der Waals surface area contributed by atoms with E-state index in [1.165, 1.54) is 0 Å². The van der Waals surface area contributed by atoms with E-state index in [1.807, 2.05) is 6.92 Å². The van der Waals surface area contributed by atoms with Crippen molar-refractivity contribution in [3.63, 3.8) is 0 Å². The van der Waals surface area contributed by atoms with Crippen molar-refractivity contribution < 1.29 is 4.79 Å². The van der Waals surface area contributed by atoms with Crippen molar-refractivity contribution in [1.82, 2.24) is 5.32 Å². The van der Waals surface area contributed by atoms with E-state index in [0.717, 1.165) is 6.42 Å². The summed E-state index contributed by atoms with van der Waals surface area (Å²) in [6, 6.07) is 0.162. The summed E-state index contributed by atoms with van der Waals surface area (Å²) in [5.74, 6) is 0.119. The van der Waals surface area contributed by atoms with E-state index in [4.69, 9.17) is 5.73 Å². The maximum atomic E-state index is 11.3. The summed E-state index contributed by atoms with van der Waals surface area (Å²) in [4.78, 5) is 11.3. The smallest absolute Gasteiger partial charge is 0.220 e. The molecule has 0 aliphatic rings. The fraction of sp³-hybridized carbons (Fsp3) is 0.900. The minimum atomic E-state index is 0.0679. The van der Waals surface area contributed by atoms with Gasteiger partial charge >= 0.3 is 0 Å². The Morgan fingerprint density at radius 2 is 2.00 bits per heavy atom. The first-order valence-electron chi connectivity index (χ1n) is 4.83. The predicted octanol–water partition coefficient (Wildman–Crippen LogP) is 1.28.